The van der Waals surface area contributed by atoms with E-state index in [9.17, 15) is 0 Å². The fourth-order valence-electron chi connectivity index (χ4n) is 2.65. The maximum absolute atomic E-state index is 5.99. The van der Waals surface area contributed by atoms with Crippen molar-refractivity contribution in [2.45, 2.75) is 26.7 Å². The second-order valence-corrected chi connectivity index (χ2v) is 6.42. The van der Waals surface area contributed by atoms with Crippen molar-refractivity contribution in [1.82, 2.24) is 0 Å². The van der Waals surface area contributed by atoms with E-state index in [1.54, 1.807) is 0 Å². The maximum Gasteiger partial charge on any atom is 0.0175 e. The number of nitrogens with two attached hydrogens (primary N) is 1. The first-order valence-electron chi connectivity index (χ1n) is 7.09. The van der Waals surface area contributed by atoms with E-state index >= 15 is 0 Å². The number of hydrogen-bond donors (Lipinski definition) is 1. The minimum absolute atomic E-state index is 0.496. The van der Waals surface area contributed by atoms with Gasteiger partial charge in [-0.05, 0) is 73.5 Å². The molecule has 0 spiro atoms. The van der Waals surface area contributed by atoms with Gasteiger partial charge in [0.1, 0.15) is 0 Å². The van der Waals surface area contributed by atoms with E-state index < -0.39 is 0 Å². The minimum Gasteiger partial charge on any atom is -0.330 e. The van der Waals surface area contributed by atoms with Crippen LogP contribution in [-0.4, -0.2) is 6.54 Å². The lowest BCUT2D eigenvalue weighted by Crippen LogP contribution is -2.20. The quantitative estimate of drug-likeness (QED) is 0.861. The lowest BCUT2D eigenvalue weighted by molar-refractivity contribution is 0.531. The van der Waals surface area contributed by atoms with Crippen molar-refractivity contribution in [3.63, 3.8) is 0 Å². The molecule has 0 saturated carbocycles. The van der Waals surface area contributed by atoms with Crippen molar-refractivity contribution in [2.24, 2.45) is 11.7 Å². The van der Waals surface area contributed by atoms with Gasteiger partial charge in [-0.15, -0.1) is 0 Å². The lowest BCUT2D eigenvalue weighted by Gasteiger charge is -2.18. The Hall–Kier alpha value is -1.12. The molecule has 2 aromatic rings. The minimum atomic E-state index is 0.496. The summed E-state index contributed by atoms with van der Waals surface area (Å²) in [6.45, 7) is 5.11. The summed E-state index contributed by atoms with van der Waals surface area (Å²) in [5.74, 6) is 0.496. The Morgan fingerprint density at radius 3 is 2.10 bits per heavy atom. The van der Waals surface area contributed by atoms with E-state index in [0.29, 0.717) is 5.92 Å². The molecule has 20 heavy (non-hydrogen) atoms. The topological polar surface area (TPSA) is 26.0 Å². The average Bonchev–Trinajstić information content (AvgIpc) is 2.44. The van der Waals surface area contributed by atoms with Crippen molar-refractivity contribution >= 4 is 15.9 Å². The summed E-state index contributed by atoms with van der Waals surface area (Å²) in [6, 6.07) is 15.1. The molecule has 0 aliphatic heterocycles. The van der Waals surface area contributed by atoms with Crippen LogP contribution in [0.3, 0.4) is 0 Å². The Labute approximate surface area is 130 Å². The molecular weight excluding hydrogens is 310 g/mol. The fourth-order valence-corrected chi connectivity index (χ4v) is 2.92. The standard InChI is InChI=1S/C18H22BrN/c1-13-4-3-5-14(2)18(13)11-16(12-20)10-15-6-8-17(19)9-7-15/h3-9,16H,10-12,20H2,1-2H3. The molecule has 0 aliphatic carbocycles. The summed E-state index contributed by atoms with van der Waals surface area (Å²) in [4.78, 5) is 0. The predicted molar refractivity (Wildman–Crippen MR) is 90.0 cm³/mol. The first-order valence-corrected chi connectivity index (χ1v) is 7.89. The molecule has 0 radical (unpaired) electrons. The van der Waals surface area contributed by atoms with Gasteiger partial charge in [-0.25, -0.2) is 0 Å². The van der Waals surface area contributed by atoms with Crippen LogP contribution in [0.1, 0.15) is 22.3 Å². The van der Waals surface area contributed by atoms with Gasteiger partial charge in [0.25, 0.3) is 0 Å². The molecule has 0 fully saturated rings. The normalized spacial score (nSPS) is 12.4. The van der Waals surface area contributed by atoms with Crippen LogP contribution in [-0.2, 0) is 12.8 Å². The summed E-state index contributed by atoms with van der Waals surface area (Å²) in [7, 11) is 0. The molecule has 0 bridgehead atoms. The molecule has 2 N–H and O–H groups in total. The van der Waals surface area contributed by atoms with Crippen LogP contribution in [0.25, 0.3) is 0 Å². The molecule has 1 atom stereocenters. The molecule has 0 aromatic heterocycles. The third-order valence-electron chi connectivity index (χ3n) is 3.91. The van der Waals surface area contributed by atoms with Gasteiger partial charge in [0, 0.05) is 4.47 Å². The van der Waals surface area contributed by atoms with E-state index in [2.05, 4.69) is 72.2 Å². The number of benzene rings is 2. The van der Waals surface area contributed by atoms with Crippen LogP contribution in [0.15, 0.2) is 46.9 Å². The van der Waals surface area contributed by atoms with Gasteiger partial charge in [-0.3, -0.25) is 0 Å². The molecule has 1 unspecified atom stereocenters. The van der Waals surface area contributed by atoms with Crippen molar-refractivity contribution in [3.8, 4) is 0 Å². The lowest BCUT2D eigenvalue weighted by atomic mass is 9.89. The molecule has 0 saturated heterocycles. The Kier molecular flexibility index (Phi) is 5.38. The third kappa shape index (κ3) is 3.94. The first kappa shape index (κ1) is 15.3. The summed E-state index contributed by atoms with van der Waals surface area (Å²) < 4.78 is 1.13. The van der Waals surface area contributed by atoms with Crippen molar-refractivity contribution in [1.29, 1.82) is 0 Å². The summed E-state index contributed by atoms with van der Waals surface area (Å²) in [5.41, 5.74) is 11.6. The zero-order chi connectivity index (χ0) is 14.5. The molecule has 2 heteroatoms. The monoisotopic (exact) mass is 331 g/mol. The van der Waals surface area contributed by atoms with Crippen LogP contribution >= 0.6 is 15.9 Å². The number of hydrogen-bond acceptors (Lipinski definition) is 1. The molecule has 0 amide bonds. The zero-order valence-corrected chi connectivity index (χ0v) is 13.8. The fraction of sp³-hybridized carbons (Fsp3) is 0.333. The second kappa shape index (κ2) is 7.05. The summed E-state index contributed by atoms with van der Waals surface area (Å²) >= 11 is 3.48. The molecule has 1 nitrogen and oxygen atoms in total. The molecule has 2 aromatic carbocycles. The van der Waals surface area contributed by atoms with Crippen molar-refractivity contribution in [3.05, 3.63) is 69.2 Å². The molecule has 0 aliphatic rings. The molecule has 106 valence electrons. The van der Waals surface area contributed by atoms with E-state index in [1.807, 2.05) is 0 Å². The average molecular weight is 332 g/mol. The SMILES string of the molecule is Cc1cccc(C)c1CC(CN)Cc1ccc(Br)cc1. The highest BCUT2D eigenvalue weighted by atomic mass is 79.9. The van der Waals surface area contributed by atoms with Crippen molar-refractivity contribution < 1.29 is 0 Å². The van der Waals surface area contributed by atoms with Gasteiger partial charge in [0.2, 0.25) is 0 Å². The van der Waals surface area contributed by atoms with Crippen molar-refractivity contribution in [2.75, 3.05) is 6.54 Å². The molecular formula is C18H22BrN. The maximum atomic E-state index is 5.99. The third-order valence-corrected chi connectivity index (χ3v) is 4.44. The van der Waals surface area contributed by atoms with Gasteiger partial charge in [0.05, 0.1) is 0 Å². The highest BCUT2D eigenvalue weighted by molar-refractivity contribution is 9.10. The molecule has 2 rings (SSSR count). The zero-order valence-electron chi connectivity index (χ0n) is 12.2. The van der Waals surface area contributed by atoms with Crippen LogP contribution in [0.2, 0.25) is 0 Å². The highest BCUT2D eigenvalue weighted by Gasteiger charge is 2.12. The van der Waals surface area contributed by atoms with Crippen LogP contribution < -0.4 is 5.73 Å². The summed E-state index contributed by atoms with van der Waals surface area (Å²) in [5, 5.41) is 0. The van der Waals surface area contributed by atoms with Gasteiger partial charge < -0.3 is 5.73 Å². The van der Waals surface area contributed by atoms with E-state index in [1.165, 1.54) is 22.3 Å². The van der Waals surface area contributed by atoms with E-state index in [0.717, 1.165) is 23.9 Å². The van der Waals surface area contributed by atoms with Gasteiger partial charge in [0.15, 0.2) is 0 Å². The summed E-state index contributed by atoms with van der Waals surface area (Å²) in [6.07, 6.45) is 2.10. The van der Waals surface area contributed by atoms with Crippen LogP contribution in [0.5, 0.6) is 0 Å². The van der Waals surface area contributed by atoms with E-state index in [4.69, 9.17) is 5.73 Å². The van der Waals surface area contributed by atoms with Gasteiger partial charge in [-0.2, -0.15) is 0 Å². The highest BCUT2D eigenvalue weighted by Crippen LogP contribution is 2.21. The smallest absolute Gasteiger partial charge is 0.0175 e. The predicted octanol–water partition coefficient (Wildman–Crippen LogP) is 4.43. The number of halogens is 1. The van der Waals surface area contributed by atoms with E-state index in [-0.39, 0.29) is 0 Å². The van der Waals surface area contributed by atoms with Crippen LogP contribution in [0, 0.1) is 19.8 Å². The molecule has 0 heterocycles. The largest absolute Gasteiger partial charge is 0.330 e. The Bertz CT molecular complexity index is 540. The second-order valence-electron chi connectivity index (χ2n) is 5.51. The Morgan fingerprint density at radius 2 is 1.55 bits per heavy atom. The number of aryl methyl sites for hydroxylation is 2. The number of rotatable bonds is 5. The Morgan fingerprint density at radius 1 is 0.950 bits per heavy atom. The first-order chi connectivity index (χ1) is 9.60. The Balaban J connectivity index is 2.11. The van der Waals surface area contributed by atoms with Gasteiger partial charge >= 0.3 is 0 Å². The van der Waals surface area contributed by atoms with Crippen LogP contribution in [0.4, 0.5) is 0 Å². The van der Waals surface area contributed by atoms with Gasteiger partial charge in [-0.1, -0.05) is 46.3 Å².